The predicted molar refractivity (Wildman–Crippen MR) is 82.6 cm³/mol. The molecule has 2 atom stereocenters. The zero-order valence-corrected chi connectivity index (χ0v) is 12.3. The van der Waals surface area contributed by atoms with E-state index in [-0.39, 0.29) is 0 Å². The highest BCUT2D eigenvalue weighted by atomic mass is 15.0. The Balaban J connectivity index is 1.81. The van der Waals surface area contributed by atoms with Crippen molar-refractivity contribution in [2.75, 3.05) is 0 Å². The molecule has 0 fully saturated rings. The zero-order chi connectivity index (χ0) is 13.9. The molecule has 104 valence electrons. The van der Waals surface area contributed by atoms with E-state index in [1.54, 1.807) is 0 Å². The summed E-state index contributed by atoms with van der Waals surface area (Å²) in [5.74, 6) is 0. The molecule has 1 unspecified atom stereocenters. The predicted octanol–water partition coefficient (Wildman–Crippen LogP) is 4.12. The Kier molecular flexibility index (Phi) is 3.83. The third kappa shape index (κ3) is 2.61. The number of hydrogen-bond donors (Lipinski definition) is 1. The summed E-state index contributed by atoms with van der Waals surface area (Å²) in [7, 11) is 0. The molecule has 0 aliphatic heterocycles. The Bertz CT molecular complexity index is 591. The van der Waals surface area contributed by atoms with Gasteiger partial charge in [-0.15, -0.1) is 0 Å². The van der Waals surface area contributed by atoms with Crippen LogP contribution in [0.1, 0.15) is 54.2 Å². The van der Waals surface area contributed by atoms with Gasteiger partial charge in [-0.05, 0) is 55.9 Å². The molecule has 1 aliphatic rings. The van der Waals surface area contributed by atoms with Crippen molar-refractivity contribution in [3.8, 4) is 0 Å². The third-order valence-corrected chi connectivity index (χ3v) is 4.30. The molecule has 0 saturated carbocycles. The number of aryl methyl sites for hydroxylation is 2. The Hall–Kier alpha value is -1.67. The molecule has 0 saturated heterocycles. The van der Waals surface area contributed by atoms with Crippen LogP contribution in [0.15, 0.2) is 42.6 Å². The van der Waals surface area contributed by atoms with Gasteiger partial charge in [0.15, 0.2) is 0 Å². The minimum atomic E-state index is 0.356. The van der Waals surface area contributed by atoms with Crippen molar-refractivity contribution in [1.82, 2.24) is 10.3 Å². The molecule has 0 bridgehead atoms. The number of nitrogens with one attached hydrogen (secondary N) is 1. The number of benzene rings is 1. The van der Waals surface area contributed by atoms with E-state index in [9.17, 15) is 0 Å². The molecule has 1 aromatic carbocycles. The molecule has 1 aromatic heterocycles. The van der Waals surface area contributed by atoms with Crippen molar-refractivity contribution in [2.24, 2.45) is 0 Å². The summed E-state index contributed by atoms with van der Waals surface area (Å²) in [6.07, 6.45) is 5.51. The van der Waals surface area contributed by atoms with Gasteiger partial charge in [-0.25, -0.2) is 0 Å². The Morgan fingerprint density at radius 2 is 2.05 bits per heavy atom. The van der Waals surface area contributed by atoms with E-state index >= 15 is 0 Å². The summed E-state index contributed by atoms with van der Waals surface area (Å²) in [5.41, 5.74) is 5.40. The second-order valence-corrected chi connectivity index (χ2v) is 5.74. The van der Waals surface area contributed by atoms with Crippen LogP contribution < -0.4 is 5.32 Å². The van der Waals surface area contributed by atoms with E-state index in [1.807, 2.05) is 12.3 Å². The third-order valence-electron chi connectivity index (χ3n) is 4.30. The molecule has 0 spiro atoms. The highest BCUT2D eigenvalue weighted by Crippen LogP contribution is 2.30. The molecule has 3 rings (SSSR count). The molecule has 0 radical (unpaired) electrons. The fourth-order valence-electron chi connectivity index (χ4n) is 3.24. The molecule has 2 aromatic rings. The first-order valence-electron chi connectivity index (χ1n) is 7.51. The Morgan fingerprint density at radius 3 is 2.90 bits per heavy atom. The van der Waals surface area contributed by atoms with Crippen LogP contribution in [-0.2, 0) is 6.42 Å². The first-order chi connectivity index (χ1) is 9.75. The zero-order valence-electron chi connectivity index (χ0n) is 12.3. The maximum Gasteiger partial charge on any atom is 0.0605 e. The second kappa shape index (κ2) is 5.76. The monoisotopic (exact) mass is 266 g/mol. The number of aromatic nitrogens is 1. The number of hydrogen-bond acceptors (Lipinski definition) is 2. The van der Waals surface area contributed by atoms with E-state index in [1.165, 1.54) is 41.6 Å². The van der Waals surface area contributed by atoms with Gasteiger partial charge in [-0.1, -0.05) is 30.3 Å². The van der Waals surface area contributed by atoms with Crippen LogP contribution in [0.3, 0.4) is 0 Å². The van der Waals surface area contributed by atoms with Crippen LogP contribution in [0.4, 0.5) is 0 Å². The maximum atomic E-state index is 4.61. The normalized spacial score (nSPS) is 19.4. The molecule has 1 aliphatic carbocycles. The standard InChI is InChI=1S/C18H22N2/c1-13-7-3-4-10-16(13)14(2)20-17-11-5-8-15-9-6-12-19-18(15)17/h3-4,6-7,9-10,12,14,17,20H,5,8,11H2,1-2H3/t14-,17?/m0/s1. The Labute approximate surface area is 121 Å². The van der Waals surface area contributed by atoms with Crippen LogP contribution in [0.5, 0.6) is 0 Å². The van der Waals surface area contributed by atoms with Gasteiger partial charge in [0.2, 0.25) is 0 Å². The van der Waals surface area contributed by atoms with Crippen LogP contribution >= 0.6 is 0 Å². The number of nitrogens with zero attached hydrogens (tertiary/aromatic N) is 1. The van der Waals surface area contributed by atoms with Crippen molar-refractivity contribution in [3.63, 3.8) is 0 Å². The SMILES string of the molecule is Cc1ccccc1[C@H](C)NC1CCCc2cccnc21. The summed E-state index contributed by atoms with van der Waals surface area (Å²) in [6, 6.07) is 13.6. The fraction of sp³-hybridized carbons (Fsp3) is 0.389. The fourth-order valence-corrected chi connectivity index (χ4v) is 3.24. The number of fused-ring (bicyclic) bond motifs is 1. The van der Waals surface area contributed by atoms with Gasteiger partial charge in [0.1, 0.15) is 0 Å². The average molecular weight is 266 g/mol. The van der Waals surface area contributed by atoms with Gasteiger partial charge in [0.25, 0.3) is 0 Å². The number of pyridine rings is 1. The van der Waals surface area contributed by atoms with Crippen LogP contribution in [0.2, 0.25) is 0 Å². The molecular formula is C18H22N2. The van der Waals surface area contributed by atoms with Gasteiger partial charge in [0.05, 0.1) is 11.7 Å². The van der Waals surface area contributed by atoms with Crippen molar-refractivity contribution < 1.29 is 0 Å². The molecule has 2 nitrogen and oxygen atoms in total. The highest BCUT2D eigenvalue weighted by molar-refractivity contribution is 5.30. The summed E-state index contributed by atoms with van der Waals surface area (Å²) in [4.78, 5) is 4.61. The minimum Gasteiger partial charge on any atom is -0.302 e. The van der Waals surface area contributed by atoms with E-state index in [0.29, 0.717) is 12.1 Å². The van der Waals surface area contributed by atoms with Gasteiger partial charge in [-0.3, -0.25) is 4.98 Å². The molecule has 1 heterocycles. The lowest BCUT2D eigenvalue weighted by Gasteiger charge is -2.29. The second-order valence-electron chi connectivity index (χ2n) is 5.74. The van der Waals surface area contributed by atoms with Crippen molar-refractivity contribution in [2.45, 2.75) is 45.2 Å². The quantitative estimate of drug-likeness (QED) is 0.904. The average Bonchev–Trinajstić information content (AvgIpc) is 2.48. The molecular weight excluding hydrogens is 244 g/mol. The lowest BCUT2D eigenvalue weighted by Crippen LogP contribution is -2.29. The van der Waals surface area contributed by atoms with Gasteiger partial charge in [0, 0.05) is 12.2 Å². The van der Waals surface area contributed by atoms with Crippen LogP contribution in [-0.4, -0.2) is 4.98 Å². The highest BCUT2D eigenvalue weighted by Gasteiger charge is 2.23. The van der Waals surface area contributed by atoms with Crippen molar-refractivity contribution >= 4 is 0 Å². The Morgan fingerprint density at radius 1 is 1.20 bits per heavy atom. The van der Waals surface area contributed by atoms with E-state index < -0.39 is 0 Å². The van der Waals surface area contributed by atoms with E-state index in [0.717, 1.165) is 0 Å². The first-order valence-corrected chi connectivity index (χ1v) is 7.51. The van der Waals surface area contributed by atoms with Crippen LogP contribution in [0, 0.1) is 6.92 Å². The summed E-state index contributed by atoms with van der Waals surface area (Å²) < 4.78 is 0. The van der Waals surface area contributed by atoms with Crippen LogP contribution in [0.25, 0.3) is 0 Å². The molecule has 0 amide bonds. The minimum absolute atomic E-state index is 0.356. The molecule has 1 N–H and O–H groups in total. The first kappa shape index (κ1) is 13.3. The lowest BCUT2D eigenvalue weighted by atomic mass is 9.90. The van der Waals surface area contributed by atoms with Gasteiger partial charge >= 0.3 is 0 Å². The lowest BCUT2D eigenvalue weighted by molar-refractivity contribution is 0.406. The molecule has 20 heavy (non-hydrogen) atoms. The summed E-state index contributed by atoms with van der Waals surface area (Å²) in [5, 5.41) is 3.77. The number of rotatable bonds is 3. The maximum absolute atomic E-state index is 4.61. The van der Waals surface area contributed by atoms with E-state index in [4.69, 9.17) is 0 Å². The summed E-state index contributed by atoms with van der Waals surface area (Å²) in [6.45, 7) is 4.43. The largest absolute Gasteiger partial charge is 0.302 e. The molecule has 2 heteroatoms. The summed E-state index contributed by atoms with van der Waals surface area (Å²) >= 11 is 0. The van der Waals surface area contributed by atoms with Crippen molar-refractivity contribution in [3.05, 3.63) is 65.0 Å². The van der Waals surface area contributed by atoms with Crippen molar-refractivity contribution in [1.29, 1.82) is 0 Å². The van der Waals surface area contributed by atoms with E-state index in [2.05, 4.69) is 54.5 Å². The van der Waals surface area contributed by atoms with Gasteiger partial charge < -0.3 is 5.32 Å². The van der Waals surface area contributed by atoms with Gasteiger partial charge in [-0.2, -0.15) is 0 Å². The topological polar surface area (TPSA) is 24.9 Å². The smallest absolute Gasteiger partial charge is 0.0605 e.